The average molecular weight is 718 g/mol. The van der Waals surface area contributed by atoms with Crippen LogP contribution in [0.1, 0.15) is 5.56 Å². The molecule has 0 atom stereocenters. The van der Waals surface area contributed by atoms with Gasteiger partial charge in [0.15, 0.2) is 11.5 Å². The lowest BCUT2D eigenvalue weighted by Crippen LogP contribution is -2.66. The Morgan fingerprint density at radius 2 is 0.836 bits per heavy atom. The van der Waals surface area contributed by atoms with E-state index in [9.17, 15) is 0 Å². The Kier molecular flexibility index (Phi) is 8.10. The van der Waals surface area contributed by atoms with Gasteiger partial charge in [-0.2, -0.15) is 0 Å². The summed E-state index contributed by atoms with van der Waals surface area (Å²) < 4.78 is 6.35. The van der Waals surface area contributed by atoms with Crippen LogP contribution in [0.15, 0.2) is 212 Å². The van der Waals surface area contributed by atoms with Gasteiger partial charge < -0.3 is 9.64 Å². The molecule has 9 aromatic rings. The number of ether oxygens (including phenoxy) is 1. The molecule has 1 aliphatic rings. The van der Waals surface area contributed by atoms with E-state index < -0.39 is 8.07 Å². The number of fused-ring (bicyclic) bond motifs is 4. The molecule has 0 amide bonds. The van der Waals surface area contributed by atoms with E-state index in [1.807, 2.05) is 24.3 Å². The van der Waals surface area contributed by atoms with E-state index in [0.29, 0.717) is 0 Å². The normalized spacial score (nSPS) is 12.0. The summed E-state index contributed by atoms with van der Waals surface area (Å²) in [6, 6.07) is 75.7. The highest BCUT2D eigenvalue weighted by molar-refractivity contribution is 7.16. The molecule has 0 fully saturated rings. The standard InChI is InChI=1S/C52H35NOSi/c1-4-21-40(22-5-1)55(41-23-6-2-7-24-41,42-25-8-3-9-26-42)36-35-45-43-27-10-12-29-46(43)52(47-30-13-11-28-44(45)47)38-19-18-20-39(37-38)53-48-31-14-16-33-50(48)54-51-34-17-15-32-49(51)53/h1-34,37H. The number of para-hydroxylation sites is 4. The minimum atomic E-state index is -2.82. The molecule has 1 heterocycles. The lowest BCUT2D eigenvalue weighted by Gasteiger charge is -2.33. The van der Waals surface area contributed by atoms with E-state index in [4.69, 9.17) is 4.74 Å². The van der Waals surface area contributed by atoms with Gasteiger partial charge in [0.25, 0.3) is 0 Å². The minimum absolute atomic E-state index is 0.839. The first-order valence-electron chi connectivity index (χ1n) is 18.7. The van der Waals surface area contributed by atoms with Crippen LogP contribution in [0.2, 0.25) is 0 Å². The molecular formula is C52H35NOSi. The number of rotatable bonds is 5. The second-order valence-corrected chi connectivity index (χ2v) is 17.3. The van der Waals surface area contributed by atoms with Crippen LogP contribution in [-0.2, 0) is 0 Å². The zero-order valence-electron chi connectivity index (χ0n) is 30.1. The lowest BCUT2D eigenvalue weighted by atomic mass is 9.88. The summed E-state index contributed by atoms with van der Waals surface area (Å²) >= 11 is 0. The molecule has 0 bridgehead atoms. The van der Waals surface area contributed by atoms with Crippen LogP contribution in [-0.4, -0.2) is 8.07 Å². The number of benzene rings is 9. The molecule has 0 saturated carbocycles. The quantitative estimate of drug-likeness (QED) is 0.0761. The molecule has 3 heteroatoms. The van der Waals surface area contributed by atoms with Gasteiger partial charge in [-0.1, -0.05) is 182 Å². The van der Waals surface area contributed by atoms with Crippen LogP contribution in [0, 0.1) is 11.5 Å². The highest BCUT2D eigenvalue weighted by Gasteiger charge is 2.38. The maximum atomic E-state index is 6.35. The summed E-state index contributed by atoms with van der Waals surface area (Å²) in [5.74, 6) is 5.60. The molecule has 9 aromatic carbocycles. The summed E-state index contributed by atoms with van der Waals surface area (Å²) in [5.41, 5.74) is 10.6. The fraction of sp³-hybridized carbons (Fsp3) is 0. The first-order valence-corrected chi connectivity index (χ1v) is 20.7. The number of nitrogens with zero attached hydrogens (tertiary/aromatic N) is 1. The maximum Gasteiger partial charge on any atom is 0.230 e. The molecule has 0 aromatic heterocycles. The third-order valence-electron chi connectivity index (χ3n) is 10.8. The third kappa shape index (κ3) is 5.51. The van der Waals surface area contributed by atoms with E-state index in [2.05, 4.69) is 204 Å². The third-order valence-corrected chi connectivity index (χ3v) is 14.9. The molecule has 1 aliphatic heterocycles. The van der Waals surface area contributed by atoms with Gasteiger partial charge in [-0.25, -0.2) is 0 Å². The minimum Gasteiger partial charge on any atom is -0.453 e. The Morgan fingerprint density at radius 1 is 0.400 bits per heavy atom. The highest BCUT2D eigenvalue weighted by atomic mass is 28.3. The first kappa shape index (κ1) is 32.5. The summed E-state index contributed by atoms with van der Waals surface area (Å²) in [7, 11) is -2.82. The van der Waals surface area contributed by atoms with Crippen LogP contribution < -0.4 is 25.2 Å². The predicted octanol–water partition coefficient (Wildman–Crippen LogP) is 11.3. The van der Waals surface area contributed by atoms with Gasteiger partial charge in [0.1, 0.15) is 0 Å². The zero-order valence-corrected chi connectivity index (χ0v) is 31.1. The van der Waals surface area contributed by atoms with Crippen molar-refractivity contribution < 1.29 is 4.74 Å². The van der Waals surface area contributed by atoms with Crippen molar-refractivity contribution in [2.45, 2.75) is 0 Å². The topological polar surface area (TPSA) is 12.5 Å². The summed E-state index contributed by atoms with van der Waals surface area (Å²) in [4.78, 5) is 2.31. The van der Waals surface area contributed by atoms with E-state index in [-0.39, 0.29) is 0 Å². The summed E-state index contributed by atoms with van der Waals surface area (Å²) in [5, 5.41) is 8.46. The van der Waals surface area contributed by atoms with Crippen molar-refractivity contribution in [1.29, 1.82) is 0 Å². The van der Waals surface area contributed by atoms with Crippen molar-refractivity contribution in [2.24, 2.45) is 0 Å². The molecule has 2 nitrogen and oxygen atoms in total. The predicted molar refractivity (Wildman–Crippen MR) is 233 cm³/mol. The SMILES string of the molecule is C(#C[Si](c1ccccc1)(c1ccccc1)c1ccccc1)c1c2ccccc2c(-c2cccc(N3c4ccccc4Oc4ccccc43)c2)c2ccccc12. The van der Waals surface area contributed by atoms with Crippen molar-refractivity contribution >= 4 is 62.2 Å². The molecule has 258 valence electrons. The van der Waals surface area contributed by atoms with Gasteiger partial charge in [-0.15, -0.1) is 5.54 Å². The first-order chi connectivity index (χ1) is 27.3. The van der Waals surface area contributed by atoms with E-state index in [1.54, 1.807) is 0 Å². The fourth-order valence-electron chi connectivity index (χ4n) is 8.29. The van der Waals surface area contributed by atoms with Gasteiger partial charge in [-0.3, -0.25) is 0 Å². The van der Waals surface area contributed by atoms with Crippen LogP contribution in [0.25, 0.3) is 32.7 Å². The van der Waals surface area contributed by atoms with Crippen molar-refractivity contribution in [2.75, 3.05) is 4.90 Å². The van der Waals surface area contributed by atoms with Gasteiger partial charge in [0.2, 0.25) is 8.07 Å². The largest absolute Gasteiger partial charge is 0.453 e. The number of hydrogen-bond donors (Lipinski definition) is 0. The second-order valence-electron chi connectivity index (χ2n) is 13.9. The van der Waals surface area contributed by atoms with Gasteiger partial charge in [-0.05, 0) is 84.6 Å². The van der Waals surface area contributed by atoms with E-state index in [1.165, 1.54) is 31.9 Å². The van der Waals surface area contributed by atoms with E-state index >= 15 is 0 Å². The summed E-state index contributed by atoms with van der Waals surface area (Å²) in [6.45, 7) is 0. The highest BCUT2D eigenvalue weighted by Crippen LogP contribution is 2.51. The van der Waals surface area contributed by atoms with Crippen molar-refractivity contribution in [1.82, 2.24) is 0 Å². The van der Waals surface area contributed by atoms with Crippen LogP contribution in [0.3, 0.4) is 0 Å². The molecule has 55 heavy (non-hydrogen) atoms. The Bertz CT molecular complexity index is 2710. The smallest absolute Gasteiger partial charge is 0.230 e. The Morgan fingerprint density at radius 3 is 1.35 bits per heavy atom. The molecule has 0 saturated heterocycles. The van der Waals surface area contributed by atoms with Crippen LogP contribution >= 0.6 is 0 Å². The van der Waals surface area contributed by atoms with Crippen molar-refractivity contribution in [3.63, 3.8) is 0 Å². The van der Waals surface area contributed by atoms with Gasteiger partial charge in [0.05, 0.1) is 11.4 Å². The summed E-state index contributed by atoms with van der Waals surface area (Å²) in [6.07, 6.45) is 0. The molecule has 0 spiro atoms. The maximum absolute atomic E-state index is 6.35. The lowest BCUT2D eigenvalue weighted by molar-refractivity contribution is 0.477. The molecular weight excluding hydrogens is 683 g/mol. The molecule has 10 rings (SSSR count). The monoisotopic (exact) mass is 717 g/mol. The molecule has 0 radical (unpaired) electrons. The Balaban J connectivity index is 1.21. The number of anilines is 3. The molecule has 0 aliphatic carbocycles. The van der Waals surface area contributed by atoms with Crippen molar-refractivity contribution in [3.05, 3.63) is 218 Å². The Labute approximate surface area is 322 Å². The van der Waals surface area contributed by atoms with E-state index in [0.717, 1.165) is 50.5 Å². The van der Waals surface area contributed by atoms with Crippen LogP contribution in [0.5, 0.6) is 11.5 Å². The van der Waals surface area contributed by atoms with Crippen molar-refractivity contribution in [3.8, 4) is 34.1 Å². The van der Waals surface area contributed by atoms with Gasteiger partial charge >= 0.3 is 0 Å². The molecule has 0 unspecified atom stereocenters. The second kappa shape index (κ2) is 13.7. The average Bonchev–Trinajstić information content (AvgIpc) is 3.26. The zero-order chi connectivity index (χ0) is 36.6. The van der Waals surface area contributed by atoms with Crippen LogP contribution in [0.4, 0.5) is 17.1 Å². The van der Waals surface area contributed by atoms with Gasteiger partial charge in [0, 0.05) is 11.3 Å². The Hall–Kier alpha value is -7.12. The number of hydrogen-bond acceptors (Lipinski definition) is 2. The molecule has 0 N–H and O–H groups in total. The fourth-order valence-corrected chi connectivity index (χ4v) is 12.1.